The molecular formula is C15H17NO3. The van der Waals surface area contributed by atoms with Gasteiger partial charge in [-0.1, -0.05) is 17.7 Å². The number of carboxylic acids is 1. The molecule has 1 N–H and O–H groups in total. The fourth-order valence-electron chi connectivity index (χ4n) is 1.96. The van der Waals surface area contributed by atoms with E-state index in [-0.39, 0.29) is 5.56 Å². The predicted molar refractivity (Wildman–Crippen MR) is 73.7 cm³/mol. The maximum absolute atomic E-state index is 11.0. The predicted octanol–water partition coefficient (Wildman–Crippen LogP) is 3.23. The first kappa shape index (κ1) is 13.2. The van der Waals surface area contributed by atoms with Crippen molar-refractivity contribution in [3.63, 3.8) is 0 Å². The van der Waals surface area contributed by atoms with Crippen LogP contribution in [0.3, 0.4) is 0 Å². The summed E-state index contributed by atoms with van der Waals surface area (Å²) in [5, 5.41) is 8.99. The molecule has 19 heavy (non-hydrogen) atoms. The van der Waals surface area contributed by atoms with Crippen LogP contribution < -0.4 is 4.90 Å². The quantitative estimate of drug-likeness (QED) is 0.915. The summed E-state index contributed by atoms with van der Waals surface area (Å²) in [6.45, 7) is 4.24. The molecule has 0 fully saturated rings. The molecule has 0 aliphatic heterocycles. The van der Waals surface area contributed by atoms with Gasteiger partial charge < -0.3 is 14.4 Å². The van der Waals surface area contributed by atoms with Crippen molar-refractivity contribution in [2.45, 2.75) is 20.4 Å². The average Bonchev–Trinajstić information content (AvgIpc) is 2.71. The zero-order chi connectivity index (χ0) is 14.0. The molecule has 1 aromatic heterocycles. The first-order valence-corrected chi connectivity index (χ1v) is 6.08. The lowest BCUT2D eigenvalue weighted by Crippen LogP contribution is -2.15. The van der Waals surface area contributed by atoms with E-state index < -0.39 is 5.97 Å². The number of rotatable bonds is 4. The van der Waals surface area contributed by atoms with E-state index in [1.54, 1.807) is 13.0 Å². The van der Waals surface area contributed by atoms with Gasteiger partial charge in [-0.2, -0.15) is 0 Å². The summed E-state index contributed by atoms with van der Waals surface area (Å²) >= 11 is 0. The number of furan rings is 1. The normalized spacial score (nSPS) is 10.5. The standard InChI is InChI=1S/C15H17NO3/c1-10-4-6-12(7-5-10)16(3)9-13-8-14(15(17)18)11(2)19-13/h4-8H,9H2,1-3H3,(H,17,18). The highest BCUT2D eigenvalue weighted by atomic mass is 16.4. The summed E-state index contributed by atoms with van der Waals surface area (Å²) in [6.07, 6.45) is 0. The molecule has 4 heteroatoms. The second-order valence-corrected chi connectivity index (χ2v) is 4.68. The Morgan fingerprint density at radius 3 is 2.42 bits per heavy atom. The Morgan fingerprint density at radius 2 is 1.89 bits per heavy atom. The minimum atomic E-state index is -0.953. The van der Waals surface area contributed by atoms with E-state index in [9.17, 15) is 4.79 Å². The van der Waals surface area contributed by atoms with Crippen molar-refractivity contribution in [1.29, 1.82) is 0 Å². The molecule has 1 heterocycles. The van der Waals surface area contributed by atoms with E-state index in [1.807, 2.05) is 43.1 Å². The van der Waals surface area contributed by atoms with Crippen molar-refractivity contribution < 1.29 is 14.3 Å². The summed E-state index contributed by atoms with van der Waals surface area (Å²) in [6, 6.07) is 9.73. The highest BCUT2D eigenvalue weighted by molar-refractivity contribution is 5.88. The van der Waals surface area contributed by atoms with Gasteiger partial charge in [0.2, 0.25) is 0 Å². The van der Waals surface area contributed by atoms with Gasteiger partial charge in [0.1, 0.15) is 17.1 Å². The first-order chi connectivity index (χ1) is 8.97. The monoisotopic (exact) mass is 259 g/mol. The Morgan fingerprint density at radius 1 is 1.26 bits per heavy atom. The second kappa shape index (κ2) is 5.18. The molecule has 0 unspecified atom stereocenters. The molecule has 0 amide bonds. The maximum atomic E-state index is 11.0. The van der Waals surface area contributed by atoms with Gasteiger partial charge in [-0.25, -0.2) is 4.79 Å². The average molecular weight is 259 g/mol. The third-order valence-corrected chi connectivity index (χ3v) is 3.07. The summed E-state index contributed by atoms with van der Waals surface area (Å²) in [7, 11) is 1.95. The number of hydrogen-bond donors (Lipinski definition) is 1. The molecule has 0 aliphatic rings. The fourth-order valence-corrected chi connectivity index (χ4v) is 1.96. The summed E-state index contributed by atoms with van der Waals surface area (Å²) < 4.78 is 5.47. The molecule has 0 atom stereocenters. The lowest BCUT2D eigenvalue weighted by Gasteiger charge is -2.17. The Kier molecular flexibility index (Phi) is 3.60. The van der Waals surface area contributed by atoms with Crippen LogP contribution in [0.2, 0.25) is 0 Å². The molecule has 100 valence electrons. The molecule has 2 aromatic rings. The van der Waals surface area contributed by atoms with Crippen LogP contribution in [0.4, 0.5) is 5.69 Å². The number of aryl methyl sites for hydroxylation is 2. The molecule has 2 rings (SSSR count). The topological polar surface area (TPSA) is 53.7 Å². The van der Waals surface area contributed by atoms with E-state index in [0.29, 0.717) is 18.1 Å². The Bertz CT molecular complexity index is 584. The summed E-state index contributed by atoms with van der Waals surface area (Å²) in [5.74, 6) is 0.142. The molecule has 0 saturated carbocycles. The van der Waals surface area contributed by atoms with Crippen LogP contribution in [0.1, 0.15) is 27.4 Å². The van der Waals surface area contributed by atoms with Gasteiger partial charge in [-0.05, 0) is 32.0 Å². The number of carbonyl (C=O) groups is 1. The minimum Gasteiger partial charge on any atom is -0.478 e. The van der Waals surface area contributed by atoms with Crippen molar-refractivity contribution in [2.75, 3.05) is 11.9 Å². The zero-order valence-electron chi connectivity index (χ0n) is 11.3. The van der Waals surface area contributed by atoms with Gasteiger partial charge in [-0.3, -0.25) is 0 Å². The van der Waals surface area contributed by atoms with Gasteiger partial charge >= 0.3 is 5.97 Å². The minimum absolute atomic E-state index is 0.229. The number of hydrogen-bond acceptors (Lipinski definition) is 3. The van der Waals surface area contributed by atoms with Gasteiger partial charge in [0.25, 0.3) is 0 Å². The maximum Gasteiger partial charge on any atom is 0.339 e. The molecule has 1 aromatic carbocycles. The summed E-state index contributed by atoms with van der Waals surface area (Å²) in [5.41, 5.74) is 2.50. The van der Waals surface area contributed by atoms with E-state index >= 15 is 0 Å². The van der Waals surface area contributed by atoms with Crippen LogP contribution in [-0.2, 0) is 6.54 Å². The lowest BCUT2D eigenvalue weighted by molar-refractivity contribution is 0.0695. The number of benzene rings is 1. The molecule has 0 saturated heterocycles. The number of aromatic carboxylic acids is 1. The molecule has 4 nitrogen and oxygen atoms in total. The third-order valence-electron chi connectivity index (χ3n) is 3.07. The van der Waals surface area contributed by atoms with Gasteiger partial charge in [0.15, 0.2) is 0 Å². The highest BCUT2D eigenvalue weighted by Crippen LogP contribution is 2.20. The van der Waals surface area contributed by atoms with Crippen LogP contribution in [0.25, 0.3) is 0 Å². The second-order valence-electron chi connectivity index (χ2n) is 4.68. The van der Waals surface area contributed by atoms with Crippen molar-refractivity contribution in [3.8, 4) is 0 Å². The molecule has 0 radical (unpaired) electrons. The van der Waals surface area contributed by atoms with Crippen LogP contribution in [0.5, 0.6) is 0 Å². The van der Waals surface area contributed by atoms with Crippen LogP contribution >= 0.6 is 0 Å². The van der Waals surface area contributed by atoms with Crippen LogP contribution in [0, 0.1) is 13.8 Å². The number of nitrogens with zero attached hydrogens (tertiary/aromatic N) is 1. The molecular weight excluding hydrogens is 242 g/mol. The van der Waals surface area contributed by atoms with Crippen molar-refractivity contribution in [2.24, 2.45) is 0 Å². The van der Waals surface area contributed by atoms with E-state index in [4.69, 9.17) is 9.52 Å². The highest BCUT2D eigenvalue weighted by Gasteiger charge is 2.14. The molecule has 0 bridgehead atoms. The number of carboxylic acid groups (broad SMARTS) is 1. The van der Waals surface area contributed by atoms with Gasteiger partial charge in [-0.15, -0.1) is 0 Å². The van der Waals surface area contributed by atoms with Gasteiger partial charge in [0, 0.05) is 12.7 Å². The van der Waals surface area contributed by atoms with Crippen molar-refractivity contribution >= 4 is 11.7 Å². The van der Waals surface area contributed by atoms with E-state index in [0.717, 1.165) is 5.69 Å². The largest absolute Gasteiger partial charge is 0.478 e. The Hall–Kier alpha value is -2.23. The number of anilines is 1. The van der Waals surface area contributed by atoms with Crippen molar-refractivity contribution in [3.05, 3.63) is 53.0 Å². The molecule has 0 aliphatic carbocycles. The summed E-state index contributed by atoms with van der Waals surface area (Å²) in [4.78, 5) is 13.0. The van der Waals surface area contributed by atoms with E-state index in [2.05, 4.69) is 0 Å². The van der Waals surface area contributed by atoms with E-state index in [1.165, 1.54) is 5.56 Å². The fraction of sp³-hybridized carbons (Fsp3) is 0.267. The van der Waals surface area contributed by atoms with Crippen LogP contribution in [-0.4, -0.2) is 18.1 Å². The lowest BCUT2D eigenvalue weighted by atomic mass is 10.2. The van der Waals surface area contributed by atoms with Gasteiger partial charge in [0.05, 0.1) is 6.54 Å². The third kappa shape index (κ3) is 2.96. The Labute approximate surface area is 112 Å². The van der Waals surface area contributed by atoms with Crippen molar-refractivity contribution in [1.82, 2.24) is 0 Å². The zero-order valence-corrected chi connectivity index (χ0v) is 11.3. The SMILES string of the molecule is Cc1ccc(N(C)Cc2cc(C(=O)O)c(C)o2)cc1. The smallest absolute Gasteiger partial charge is 0.339 e. The first-order valence-electron chi connectivity index (χ1n) is 6.08. The molecule has 0 spiro atoms. The van der Waals surface area contributed by atoms with Crippen LogP contribution in [0.15, 0.2) is 34.7 Å². The Balaban J connectivity index is 2.14.